The van der Waals surface area contributed by atoms with Gasteiger partial charge < -0.3 is 21.2 Å². The Morgan fingerprint density at radius 1 is 1.58 bits per heavy atom. The molecule has 0 aromatic carbocycles. The van der Waals surface area contributed by atoms with Crippen molar-refractivity contribution in [1.82, 2.24) is 10.2 Å². The van der Waals surface area contributed by atoms with Crippen LogP contribution in [0.4, 0.5) is 0 Å². The third kappa shape index (κ3) is 4.38. The van der Waals surface area contributed by atoms with Gasteiger partial charge in [0.15, 0.2) is 5.84 Å². The number of nitrogens with two attached hydrogens (primary N) is 1. The highest BCUT2D eigenvalue weighted by Gasteiger charge is 2.26. The van der Waals surface area contributed by atoms with Crippen molar-refractivity contribution >= 4 is 11.7 Å². The second-order valence-corrected chi connectivity index (χ2v) is 5.47. The van der Waals surface area contributed by atoms with Gasteiger partial charge in [-0.2, -0.15) is 0 Å². The van der Waals surface area contributed by atoms with Crippen LogP contribution in [-0.2, 0) is 4.79 Å². The number of amides is 1. The van der Waals surface area contributed by atoms with Gasteiger partial charge in [-0.15, -0.1) is 0 Å². The van der Waals surface area contributed by atoms with Crippen LogP contribution in [0.2, 0.25) is 0 Å². The van der Waals surface area contributed by atoms with E-state index in [4.69, 9.17) is 10.9 Å². The van der Waals surface area contributed by atoms with E-state index in [2.05, 4.69) is 29.2 Å². The smallest absolute Gasteiger partial charge is 0.230 e. The molecule has 6 nitrogen and oxygen atoms in total. The fraction of sp³-hybridized carbons (Fsp3) is 0.846. The monoisotopic (exact) mass is 270 g/mol. The van der Waals surface area contributed by atoms with Crippen molar-refractivity contribution in [2.75, 3.05) is 19.6 Å². The third-order valence-corrected chi connectivity index (χ3v) is 3.81. The molecule has 0 aliphatic carbocycles. The van der Waals surface area contributed by atoms with Crippen LogP contribution < -0.4 is 11.1 Å². The number of nitrogens with zero attached hydrogens (tertiary/aromatic N) is 2. The molecule has 2 unspecified atom stereocenters. The Bertz CT molecular complexity index is 331. The van der Waals surface area contributed by atoms with E-state index in [1.165, 1.54) is 0 Å². The normalized spacial score (nSPS) is 22.7. The Labute approximate surface area is 115 Å². The van der Waals surface area contributed by atoms with Crippen LogP contribution in [0.25, 0.3) is 0 Å². The van der Waals surface area contributed by atoms with Gasteiger partial charge in [0.1, 0.15) is 0 Å². The van der Waals surface area contributed by atoms with Gasteiger partial charge in [-0.1, -0.05) is 12.1 Å². The van der Waals surface area contributed by atoms with Crippen LogP contribution >= 0.6 is 0 Å². The first-order chi connectivity index (χ1) is 8.99. The van der Waals surface area contributed by atoms with Crippen molar-refractivity contribution in [2.45, 2.75) is 39.7 Å². The van der Waals surface area contributed by atoms with Gasteiger partial charge in [0.05, 0.1) is 5.92 Å². The molecule has 0 radical (unpaired) electrons. The van der Waals surface area contributed by atoms with Gasteiger partial charge >= 0.3 is 0 Å². The van der Waals surface area contributed by atoms with Crippen molar-refractivity contribution in [3.05, 3.63) is 0 Å². The van der Waals surface area contributed by atoms with Gasteiger partial charge in [0, 0.05) is 19.1 Å². The molecular formula is C13H26N4O2. The summed E-state index contributed by atoms with van der Waals surface area (Å²) in [6.07, 6.45) is 1.64. The largest absolute Gasteiger partial charge is 0.409 e. The fourth-order valence-corrected chi connectivity index (χ4v) is 2.46. The first kappa shape index (κ1) is 15.8. The zero-order valence-corrected chi connectivity index (χ0v) is 12.1. The first-order valence-corrected chi connectivity index (χ1v) is 6.98. The van der Waals surface area contributed by atoms with Crippen LogP contribution in [0.3, 0.4) is 0 Å². The molecule has 6 heteroatoms. The number of hydrogen-bond donors (Lipinski definition) is 3. The van der Waals surface area contributed by atoms with E-state index >= 15 is 0 Å². The number of nitrogens with one attached hydrogen (secondary N) is 1. The summed E-state index contributed by atoms with van der Waals surface area (Å²) in [5, 5.41) is 14.5. The Hall–Kier alpha value is -1.30. The molecule has 1 fully saturated rings. The van der Waals surface area contributed by atoms with E-state index < -0.39 is 5.92 Å². The van der Waals surface area contributed by atoms with Crippen molar-refractivity contribution in [2.24, 2.45) is 22.7 Å². The van der Waals surface area contributed by atoms with Crippen LogP contribution in [-0.4, -0.2) is 47.5 Å². The van der Waals surface area contributed by atoms with Gasteiger partial charge in [-0.3, -0.25) is 4.79 Å². The first-order valence-electron chi connectivity index (χ1n) is 6.98. The zero-order valence-electron chi connectivity index (χ0n) is 12.1. The van der Waals surface area contributed by atoms with Crippen molar-refractivity contribution < 1.29 is 10.0 Å². The summed E-state index contributed by atoms with van der Waals surface area (Å²) in [6, 6.07) is 0.557. The lowest BCUT2D eigenvalue weighted by atomic mass is 10.0. The minimum Gasteiger partial charge on any atom is -0.409 e. The number of carbonyl (C=O) groups excluding carboxylic acids is 1. The zero-order chi connectivity index (χ0) is 14.4. The fourth-order valence-electron chi connectivity index (χ4n) is 2.46. The van der Waals surface area contributed by atoms with Crippen LogP contribution in [0.5, 0.6) is 0 Å². The lowest BCUT2D eigenvalue weighted by molar-refractivity contribution is -0.123. The van der Waals surface area contributed by atoms with E-state index in [9.17, 15) is 4.79 Å². The molecule has 1 rings (SSSR count). The molecule has 0 spiro atoms. The maximum atomic E-state index is 12.0. The SMILES string of the molecule is CCC(C(=O)NCC1CCN(C(C)C)C1)C(N)=NO. The molecule has 1 amide bonds. The average molecular weight is 270 g/mol. The summed E-state index contributed by atoms with van der Waals surface area (Å²) in [4.78, 5) is 14.4. The lowest BCUT2D eigenvalue weighted by Gasteiger charge is -2.20. The van der Waals surface area contributed by atoms with E-state index in [0.29, 0.717) is 24.9 Å². The Kier molecular flexibility index (Phi) is 6.08. The highest BCUT2D eigenvalue weighted by molar-refractivity contribution is 6.01. The molecule has 0 aromatic rings. The number of oxime groups is 1. The van der Waals surface area contributed by atoms with E-state index in [-0.39, 0.29) is 11.7 Å². The van der Waals surface area contributed by atoms with E-state index in [1.54, 1.807) is 0 Å². The molecule has 0 saturated carbocycles. The molecule has 1 saturated heterocycles. The van der Waals surface area contributed by atoms with Gasteiger partial charge in [0.2, 0.25) is 5.91 Å². The molecule has 1 heterocycles. The van der Waals surface area contributed by atoms with Crippen molar-refractivity contribution in [1.29, 1.82) is 0 Å². The number of carbonyl (C=O) groups is 1. The molecular weight excluding hydrogens is 244 g/mol. The summed E-state index contributed by atoms with van der Waals surface area (Å²) in [5.74, 6) is -0.209. The molecule has 19 heavy (non-hydrogen) atoms. The number of amidine groups is 1. The van der Waals surface area contributed by atoms with Gasteiger partial charge in [0.25, 0.3) is 0 Å². The number of likely N-dealkylation sites (tertiary alicyclic amines) is 1. The molecule has 2 atom stereocenters. The second-order valence-electron chi connectivity index (χ2n) is 5.47. The molecule has 110 valence electrons. The molecule has 0 aromatic heterocycles. The minimum absolute atomic E-state index is 0.0183. The Morgan fingerprint density at radius 3 is 2.74 bits per heavy atom. The molecule has 1 aliphatic rings. The predicted octanol–water partition coefficient (Wildman–Crippen LogP) is 0.606. The maximum absolute atomic E-state index is 12.0. The Balaban J connectivity index is 2.38. The van der Waals surface area contributed by atoms with Crippen molar-refractivity contribution in [3.8, 4) is 0 Å². The summed E-state index contributed by atoms with van der Waals surface area (Å²) in [7, 11) is 0. The predicted molar refractivity (Wildman–Crippen MR) is 75.0 cm³/mol. The Morgan fingerprint density at radius 2 is 2.26 bits per heavy atom. The second kappa shape index (κ2) is 7.33. The van der Waals surface area contributed by atoms with E-state index in [1.807, 2.05) is 6.92 Å². The summed E-state index contributed by atoms with van der Waals surface area (Å²) in [6.45, 7) is 9.00. The van der Waals surface area contributed by atoms with Crippen LogP contribution in [0, 0.1) is 11.8 Å². The number of hydrogen-bond acceptors (Lipinski definition) is 4. The standard InChI is InChI=1S/C13H26N4O2/c1-4-11(12(14)16-19)13(18)15-7-10-5-6-17(8-10)9(2)3/h9-11,19H,4-8H2,1-3H3,(H2,14,16)(H,15,18). The average Bonchev–Trinajstić information content (AvgIpc) is 2.85. The quantitative estimate of drug-likeness (QED) is 0.285. The highest BCUT2D eigenvalue weighted by Crippen LogP contribution is 2.17. The molecule has 4 N–H and O–H groups in total. The highest BCUT2D eigenvalue weighted by atomic mass is 16.4. The summed E-state index contributed by atoms with van der Waals surface area (Å²) >= 11 is 0. The third-order valence-electron chi connectivity index (χ3n) is 3.81. The van der Waals surface area contributed by atoms with Crippen LogP contribution in [0.1, 0.15) is 33.6 Å². The van der Waals surface area contributed by atoms with Gasteiger partial charge in [-0.25, -0.2) is 0 Å². The van der Waals surface area contributed by atoms with Crippen molar-refractivity contribution in [3.63, 3.8) is 0 Å². The lowest BCUT2D eigenvalue weighted by Crippen LogP contribution is -2.41. The van der Waals surface area contributed by atoms with Gasteiger partial charge in [-0.05, 0) is 39.2 Å². The molecule has 0 bridgehead atoms. The minimum atomic E-state index is -0.535. The molecule has 1 aliphatic heterocycles. The van der Waals surface area contributed by atoms with Crippen LogP contribution in [0.15, 0.2) is 5.16 Å². The summed E-state index contributed by atoms with van der Waals surface area (Å²) in [5.41, 5.74) is 5.51. The number of rotatable bonds is 6. The topological polar surface area (TPSA) is 91.0 Å². The van der Waals surface area contributed by atoms with E-state index in [0.717, 1.165) is 19.5 Å². The summed E-state index contributed by atoms with van der Waals surface area (Å²) < 4.78 is 0. The maximum Gasteiger partial charge on any atom is 0.230 e.